The Morgan fingerprint density at radius 1 is 1.40 bits per heavy atom. The summed E-state index contributed by atoms with van der Waals surface area (Å²) in [5.41, 5.74) is 6.11. The molecule has 25 heavy (non-hydrogen) atoms. The van der Waals surface area contributed by atoms with Crippen LogP contribution < -0.4 is 15.4 Å². The fourth-order valence-electron chi connectivity index (χ4n) is 2.83. The predicted molar refractivity (Wildman–Crippen MR) is 97.4 cm³/mol. The van der Waals surface area contributed by atoms with Gasteiger partial charge >= 0.3 is 0 Å². The highest BCUT2D eigenvalue weighted by atomic mass is 32.2. The number of ketones is 1. The fourth-order valence-corrected chi connectivity index (χ4v) is 4.65. The third-order valence-corrected chi connectivity index (χ3v) is 6.03. The molecular weight excluding hydrogens is 362 g/mol. The second kappa shape index (κ2) is 7.06. The Labute approximate surface area is 150 Å². The first kappa shape index (κ1) is 17.8. The Balaban J connectivity index is 1.95. The summed E-state index contributed by atoms with van der Waals surface area (Å²) < 4.78 is 25.7. The van der Waals surface area contributed by atoms with Gasteiger partial charge in [0.05, 0.1) is 22.7 Å². The number of carbonyl (C=O) groups is 1. The topological polar surface area (TPSA) is 118 Å². The van der Waals surface area contributed by atoms with Crippen molar-refractivity contribution in [3.63, 3.8) is 0 Å². The Bertz CT molecular complexity index is 861. The van der Waals surface area contributed by atoms with Gasteiger partial charge in [0.2, 0.25) is 21.8 Å². The zero-order chi connectivity index (χ0) is 18.0. The highest BCUT2D eigenvalue weighted by molar-refractivity contribution is 7.92. The summed E-state index contributed by atoms with van der Waals surface area (Å²) >= 11 is 1.30. The van der Waals surface area contributed by atoms with Crippen LogP contribution in [-0.2, 0) is 10.0 Å². The summed E-state index contributed by atoms with van der Waals surface area (Å²) in [6, 6.07) is 3.23. The van der Waals surface area contributed by atoms with E-state index in [2.05, 4.69) is 15.3 Å². The zero-order valence-electron chi connectivity index (χ0n) is 13.7. The lowest BCUT2D eigenvalue weighted by Crippen LogP contribution is -2.46. The van der Waals surface area contributed by atoms with Crippen molar-refractivity contribution >= 4 is 38.9 Å². The lowest BCUT2D eigenvalue weighted by atomic mass is 10.1. The molecule has 3 N–H and O–H groups in total. The van der Waals surface area contributed by atoms with Crippen LogP contribution in [0.1, 0.15) is 28.1 Å². The van der Waals surface area contributed by atoms with Crippen molar-refractivity contribution < 1.29 is 13.2 Å². The van der Waals surface area contributed by atoms with Gasteiger partial charge in [-0.25, -0.2) is 17.7 Å². The van der Waals surface area contributed by atoms with Gasteiger partial charge in [0.15, 0.2) is 0 Å². The van der Waals surface area contributed by atoms with Crippen LogP contribution in [0.15, 0.2) is 23.7 Å². The number of nitrogens with one attached hydrogen (secondary N) is 1. The SMILES string of the molecule is CS(=O)(=O)N(c1ncc(C(=O)c2cccs2)c(N)n1)C1CCNCC1. The number of hydrogen-bond acceptors (Lipinski definition) is 8. The van der Waals surface area contributed by atoms with Crippen LogP contribution >= 0.6 is 11.3 Å². The van der Waals surface area contributed by atoms with Crippen molar-refractivity contribution in [3.05, 3.63) is 34.2 Å². The average molecular weight is 381 g/mol. The summed E-state index contributed by atoms with van der Waals surface area (Å²) in [5.74, 6) is -0.285. The standard InChI is InChI=1S/C15H19N5O3S2/c1-25(22,23)20(10-4-6-17-7-5-10)15-18-9-11(14(16)19-15)13(21)12-3-2-8-24-12/h2-3,8-10,17H,4-7H2,1H3,(H2,16,18,19). The van der Waals surface area contributed by atoms with Crippen molar-refractivity contribution in [3.8, 4) is 0 Å². The zero-order valence-corrected chi connectivity index (χ0v) is 15.3. The Morgan fingerprint density at radius 2 is 2.12 bits per heavy atom. The van der Waals surface area contributed by atoms with Gasteiger partial charge in [0.25, 0.3) is 0 Å². The molecule has 0 unspecified atom stereocenters. The summed E-state index contributed by atoms with van der Waals surface area (Å²) in [4.78, 5) is 21.2. The van der Waals surface area contributed by atoms with E-state index in [1.807, 2.05) is 0 Å². The number of carbonyl (C=O) groups excluding carboxylic acids is 1. The molecule has 10 heteroatoms. The molecule has 1 saturated heterocycles. The Morgan fingerprint density at radius 3 is 2.68 bits per heavy atom. The molecule has 0 aliphatic carbocycles. The van der Waals surface area contributed by atoms with E-state index in [-0.39, 0.29) is 29.2 Å². The van der Waals surface area contributed by atoms with E-state index in [1.54, 1.807) is 17.5 Å². The van der Waals surface area contributed by atoms with Crippen LogP contribution in [0, 0.1) is 0 Å². The molecular formula is C15H19N5O3S2. The van der Waals surface area contributed by atoms with Crippen molar-refractivity contribution in [2.75, 3.05) is 29.4 Å². The Hall–Kier alpha value is -2.04. The first-order valence-electron chi connectivity index (χ1n) is 7.79. The number of nitrogens with two attached hydrogens (primary N) is 1. The van der Waals surface area contributed by atoms with E-state index >= 15 is 0 Å². The monoisotopic (exact) mass is 381 g/mol. The van der Waals surface area contributed by atoms with E-state index in [9.17, 15) is 13.2 Å². The molecule has 0 amide bonds. The van der Waals surface area contributed by atoms with E-state index in [0.29, 0.717) is 17.7 Å². The first-order chi connectivity index (χ1) is 11.9. The molecule has 0 atom stereocenters. The van der Waals surface area contributed by atoms with Gasteiger partial charge in [-0.05, 0) is 37.4 Å². The highest BCUT2D eigenvalue weighted by Gasteiger charge is 2.31. The minimum Gasteiger partial charge on any atom is -0.383 e. The molecule has 2 aromatic heterocycles. The van der Waals surface area contributed by atoms with Gasteiger partial charge in [0, 0.05) is 6.20 Å². The minimum absolute atomic E-state index is 0.00892. The summed E-state index contributed by atoms with van der Waals surface area (Å²) in [6.07, 6.45) is 3.75. The maximum absolute atomic E-state index is 12.4. The number of piperidine rings is 1. The van der Waals surface area contributed by atoms with Crippen molar-refractivity contribution in [1.29, 1.82) is 0 Å². The smallest absolute Gasteiger partial charge is 0.241 e. The van der Waals surface area contributed by atoms with Crippen LogP contribution in [0.25, 0.3) is 0 Å². The maximum Gasteiger partial charge on any atom is 0.241 e. The van der Waals surface area contributed by atoms with Gasteiger partial charge in [0.1, 0.15) is 5.82 Å². The number of sulfonamides is 1. The van der Waals surface area contributed by atoms with Crippen LogP contribution in [0.2, 0.25) is 0 Å². The van der Waals surface area contributed by atoms with E-state index in [1.165, 1.54) is 21.8 Å². The van der Waals surface area contributed by atoms with Crippen LogP contribution in [0.3, 0.4) is 0 Å². The van der Waals surface area contributed by atoms with Crippen LogP contribution in [0.5, 0.6) is 0 Å². The number of anilines is 2. The predicted octanol–water partition coefficient (Wildman–Crippen LogP) is 0.869. The first-order valence-corrected chi connectivity index (χ1v) is 10.5. The molecule has 0 spiro atoms. The number of hydrogen-bond donors (Lipinski definition) is 2. The quantitative estimate of drug-likeness (QED) is 0.738. The molecule has 1 aliphatic rings. The fraction of sp³-hybridized carbons (Fsp3) is 0.400. The number of aromatic nitrogens is 2. The number of nitrogens with zero attached hydrogens (tertiary/aromatic N) is 3. The molecule has 2 aromatic rings. The van der Waals surface area contributed by atoms with E-state index in [4.69, 9.17) is 5.73 Å². The molecule has 134 valence electrons. The van der Waals surface area contributed by atoms with E-state index in [0.717, 1.165) is 19.3 Å². The molecule has 0 bridgehead atoms. The lowest BCUT2D eigenvalue weighted by Gasteiger charge is -2.32. The molecule has 3 rings (SSSR count). The maximum atomic E-state index is 12.4. The van der Waals surface area contributed by atoms with Crippen molar-refractivity contribution in [2.45, 2.75) is 18.9 Å². The second-order valence-electron chi connectivity index (χ2n) is 5.82. The van der Waals surface area contributed by atoms with Crippen molar-refractivity contribution in [1.82, 2.24) is 15.3 Å². The summed E-state index contributed by atoms with van der Waals surface area (Å²) in [5, 5.41) is 4.99. The Kier molecular flexibility index (Phi) is 5.02. The van der Waals surface area contributed by atoms with Crippen molar-refractivity contribution in [2.24, 2.45) is 0 Å². The third kappa shape index (κ3) is 3.80. The molecule has 1 aliphatic heterocycles. The summed E-state index contributed by atoms with van der Waals surface area (Å²) in [6.45, 7) is 1.45. The second-order valence-corrected chi connectivity index (χ2v) is 8.62. The normalized spacial score (nSPS) is 15.9. The molecule has 0 aromatic carbocycles. The molecule has 0 radical (unpaired) electrons. The molecule has 3 heterocycles. The lowest BCUT2D eigenvalue weighted by molar-refractivity contribution is 0.104. The number of thiophene rings is 1. The van der Waals surface area contributed by atoms with Gasteiger partial charge in [-0.3, -0.25) is 4.79 Å². The molecule has 8 nitrogen and oxygen atoms in total. The minimum atomic E-state index is -3.57. The molecule has 0 saturated carbocycles. The largest absolute Gasteiger partial charge is 0.383 e. The van der Waals surface area contributed by atoms with Gasteiger partial charge in [-0.1, -0.05) is 6.07 Å². The highest BCUT2D eigenvalue weighted by Crippen LogP contribution is 2.24. The van der Waals surface area contributed by atoms with E-state index < -0.39 is 10.0 Å². The van der Waals surface area contributed by atoms with Gasteiger partial charge in [-0.15, -0.1) is 11.3 Å². The van der Waals surface area contributed by atoms with Gasteiger partial charge in [-0.2, -0.15) is 4.98 Å². The number of rotatable bonds is 5. The molecule has 1 fully saturated rings. The average Bonchev–Trinajstić information content (AvgIpc) is 3.09. The van der Waals surface area contributed by atoms with Crippen LogP contribution in [0.4, 0.5) is 11.8 Å². The third-order valence-electron chi connectivity index (χ3n) is 3.99. The van der Waals surface area contributed by atoms with Crippen LogP contribution in [-0.4, -0.2) is 49.6 Å². The summed E-state index contributed by atoms with van der Waals surface area (Å²) in [7, 11) is -3.57. The number of nitrogen functional groups attached to an aromatic ring is 1. The van der Waals surface area contributed by atoms with Gasteiger partial charge < -0.3 is 11.1 Å².